The van der Waals surface area contributed by atoms with Gasteiger partial charge in [0.25, 0.3) is 5.56 Å². The maximum atomic E-state index is 12.8. The Morgan fingerprint density at radius 1 is 1.33 bits per heavy atom. The van der Waals surface area contributed by atoms with Crippen LogP contribution >= 0.6 is 11.3 Å². The molecule has 4 N–H and O–H groups in total. The Hall–Kier alpha value is -2.57. The first-order valence-corrected chi connectivity index (χ1v) is 9.10. The smallest absolute Gasteiger partial charge is 0.287 e. The van der Waals surface area contributed by atoms with Gasteiger partial charge in [-0.15, -0.1) is 11.3 Å². The van der Waals surface area contributed by atoms with Gasteiger partial charge in [-0.3, -0.25) is 9.36 Å². The number of hydrogen-bond acceptors (Lipinski definition) is 8. The number of nitrogens with one attached hydrogen (secondary N) is 1. The van der Waals surface area contributed by atoms with E-state index in [9.17, 15) is 20.1 Å². The molecule has 1 fully saturated rings. The van der Waals surface area contributed by atoms with Crippen molar-refractivity contribution in [3.05, 3.63) is 40.4 Å². The van der Waals surface area contributed by atoms with Crippen LogP contribution in [0.3, 0.4) is 0 Å². The fourth-order valence-corrected chi connectivity index (χ4v) is 4.02. The van der Waals surface area contributed by atoms with Crippen LogP contribution in [0.4, 0.5) is 0 Å². The molecule has 0 saturated carbocycles. The largest absolute Gasteiger partial charge is 0.394 e. The second-order valence-corrected chi connectivity index (χ2v) is 7.26. The van der Waals surface area contributed by atoms with Gasteiger partial charge in [0.15, 0.2) is 17.4 Å². The third-order valence-corrected chi connectivity index (χ3v) is 5.61. The van der Waals surface area contributed by atoms with Crippen LogP contribution < -0.4 is 5.56 Å². The number of aromatic nitrogens is 5. The van der Waals surface area contributed by atoms with E-state index in [1.807, 2.05) is 17.5 Å². The Balaban J connectivity index is 1.67. The van der Waals surface area contributed by atoms with Crippen LogP contribution in [0.1, 0.15) is 6.23 Å². The second-order valence-electron chi connectivity index (χ2n) is 6.31. The minimum absolute atomic E-state index is 0.113. The van der Waals surface area contributed by atoms with Gasteiger partial charge < -0.3 is 25.0 Å². The lowest BCUT2D eigenvalue weighted by Crippen LogP contribution is -2.33. The monoisotopic (exact) mass is 389 g/mol. The summed E-state index contributed by atoms with van der Waals surface area (Å²) in [6.45, 7) is -0.442. The molecule has 1 saturated heterocycles. The average molecular weight is 389 g/mol. The van der Waals surface area contributed by atoms with Crippen molar-refractivity contribution in [2.45, 2.75) is 24.5 Å². The fraction of sp³-hybridized carbons (Fsp3) is 0.312. The lowest BCUT2D eigenvalue weighted by atomic mass is 10.1. The number of nitrogens with zero attached hydrogens (tertiary/aromatic N) is 4. The van der Waals surface area contributed by atoms with E-state index in [2.05, 4.69) is 15.0 Å². The zero-order chi connectivity index (χ0) is 18.7. The van der Waals surface area contributed by atoms with Gasteiger partial charge in [0.2, 0.25) is 5.78 Å². The maximum Gasteiger partial charge on any atom is 0.287 e. The van der Waals surface area contributed by atoms with Crippen molar-refractivity contribution in [1.29, 1.82) is 0 Å². The van der Waals surface area contributed by atoms with Crippen molar-refractivity contribution in [3.8, 4) is 10.6 Å². The number of ether oxygens (including phenoxy) is 1. The van der Waals surface area contributed by atoms with Crippen LogP contribution in [-0.4, -0.2) is 64.2 Å². The summed E-state index contributed by atoms with van der Waals surface area (Å²) >= 11 is 1.53. The molecular weight excluding hydrogens is 374 g/mol. The molecular formula is C16H15N5O5S. The Kier molecular flexibility index (Phi) is 3.67. The van der Waals surface area contributed by atoms with Gasteiger partial charge in [0.05, 0.1) is 23.5 Å². The van der Waals surface area contributed by atoms with E-state index in [4.69, 9.17) is 4.74 Å². The normalized spacial score (nSPS) is 25.7. The van der Waals surface area contributed by atoms with E-state index < -0.39 is 31.1 Å². The second kappa shape index (κ2) is 5.97. The molecule has 4 aromatic heterocycles. The molecule has 0 bridgehead atoms. The summed E-state index contributed by atoms with van der Waals surface area (Å²) < 4.78 is 8.30. The number of aliphatic hydroxyl groups is 3. The molecule has 2 unspecified atom stereocenters. The summed E-state index contributed by atoms with van der Waals surface area (Å²) in [5, 5.41) is 31.4. The summed E-state index contributed by atoms with van der Waals surface area (Å²) in [6, 6.07) is 3.84. The number of aliphatic hydroxyl groups excluding tert-OH is 3. The van der Waals surface area contributed by atoms with Gasteiger partial charge >= 0.3 is 0 Å². The van der Waals surface area contributed by atoms with E-state index in [1.165, 1.54) is 26.6 Å². The minimum atomic E-state index is -1.29. The van der Waals surface area contributed by atoms with Crippen molar-refractivity contribution in [1.82, 2.24) is 23.9 Å². The first-order chi connectivity index (χ1) is 13.1. The zero-order valence-corrected chi connectivity index (χ0v) is 14.6. The Bertz CT molecular complexity index is 1180. The molecule has 5 rings (SSSR count). The SMILES string of the molecule is O=c1c2ncn([C@@H]3O[C@H](CO)C(O)C3O)c2nc2[nH]c(-c3cccs3)cn12. The molecule has 1 aliphatic rings. The number of imidazole rings is 2. The standard InChI is InChI=1S/C16H15N5O5S/c22-5-8-11(23)12(24)15(26-8)21-6-17-10-13(21)19-16-18-7(4-20(16)14(10)25)9-2-1-3-27-9/h1-4,6,8,11-12,15,22-24H,5H2,(H,18,19)/t8-,11?,12?,15-/m1/s1. The Morgan fingerprint density at radius 2 is 2.19 bits per heavy atom. The zero-order valence-electron chi connectivity index (χ0n) is 13.8. The van der Waals surface area contributed by atoms with Crippen molar-refractivity contribution in [2.75, 3.05) is 6.61 Å². The highest BCUT2D eigenvalue weighted by Crippen LogP contribution is 2.31. The summed E-state index contributed by atoms with van der Waals surface area (Å²) in [5.74, 6) is 0.324. The minimum Gasteiger partial charge on any atom is -0.394 e. The molecule has 0 spiro atoms. The van der Waals surface area contributed by atoms with Crippen LogP contribution in [0.5, 0.6) is 0 Å². The Morgan fingerprint density at radius 3 is 2.89 bits per heavy atom. The number of fused-ring (bicyclic) bond motifs is 2. The average Bonchev–Trinajstić information content (AvgIpc) is 3.43. The van der Waals surface area contributed by atoms with Crippen LogP contribution in [-0.2, 0) is 4.74 Å². The first kappa shape index (κ1) is 16.6. The number of H-pyrrole nitrogens is 1. The fourth-order valence-electron chi connectivity index (χ4n) is 3.32. The quantitative estimate of drug-likeness (QED) is 0.378. The lowest BCUT2D eigenvalue weighted by Gasteiger charge is -2.16. The van der Waals surface area contributed by atoms with Gasteiger partial charge in [-0.2, -0.15) is 4.98 Å². The number of thiophene rings is 1. The van der Waals surface area contributed by atoms with E-state index in [1.54, 1.807) is 6.20 Å². The van der Waals surface area contributed by atoms with Crippen molar-refractivity contribution in [2.24, 2.45) is 0 Å². The third kappa shape index (κ3) is 2.37. The van der Waals surface area contributed by atoms with Gasteiger partial charge in [-0.25, -0.2) is 9.38 Å². The van der Waals surface area contributed by atoms with Crippen LogP contribution in [0.25, 0.3) is 27.5 Å². The molecule has 5 heterocycles. The van der Waals surface area contributed by atoms with Crippen LogP contribution in [0.15, 0.2) is 34.8 Å². The Labute approximate surface area is 154 Å². The molecule has 140 valence electrons. The van der Waals surface area contributed by atoms with Crippen molar-refractivity contribution in [3.63, 3.8) is 0 Å². The molecule has 0 radical (unpaired) electrons. The highest BCUT2D eigenvalue weighted by Gasteiger charge is 2.44. The summed E-state index contributed by atoms with van der Waals surface area (Å²) in [5.41, 5.74) is 0.720. The highest BCUT2D eigenvalue weighted by molar-refractivity contribution is 7.13. The van der Waals surface area contributed by atoms with Gasteiger partial charge in [0.1, 0.15) is 18.3 Å². The van der Waals surface area contributed by atoms with Gasteiger partial charge in [0, 0.05) is 6.20 Å². The number of hydrogen-bond donors (Lipinski definition) is 4. The lowest BCUT2D eigenvalue weighted by molar-refractivity contribution is -0.0511. The highest BCUT2D eigenvalue weighted by atomic mass is 32.1. The molecule has 11 heteroatoms. The predicted octanol–water partition coefficient (Wildman–Crippen LogP) is -0.288. The summed E-state index contributed by atoms with van der Waals surface area (Å²) in [4.78, 5) is 25.4. The maximum absolute atomic E-state index is 12.8. The van der Waals surface area contributed by atoms with Crippen molar-refractivity contribution >= 4 is 28.3 Å². The number of rotatable bonds is 3. The van der Waals surface area contributed by atoms with E-state index in [0.717, 1.165) is 10.6 Å². The first-order valence-electron chi connectivity index (χ1n) is 8.22. The van der Waals surface area contributed by atoms with E-state index in [-0.39, 0.29) is 16.7 Å². The van der Waals surface area contributed by atoms with Crippen LogP contribution in [0, 0.1) is 0 Å². The topological polar surface area (TPSA) is 138 Å². The molecule has 27 heavy (non-hydrogen) atoms. The van der Waals surface area contributed by atoms with Gasteiger partial charge in [-0.05, 0) is 11.4 Å². The molecule has 4 atom stereocenters. The molecule has 0 aliphatic carbocycles. The van der Waals surface area contributed by atoms with E-state index in [0.29, 0.717) is 5.78 Å². The summed E-state index contributed by atoms with van der Waals surface area (Å²) in [6.07, 6.45) is -1.48. The molecule has 4 aromatic rings. The van der Waals surface area contributed by atoms with Crippen molar-refractivity contribution < 1.29 is 20.1 Å². The predicted molar refractivity (Wildman–Crippen MR) is 95.4 cm³/mol. The summed E-state index contributed by atoms with van der Waals surface area (Å²) in [7, 11) is 0. The molecule has 10 nitrogen and oxygen atoms in total. The van der Waals surface area contributed by atoms with Crippen LogP contribution in [0.2, 0.25) is 0 Å². The molecule has 0 aromatic carbocycles. The van der Waals surface area contributed by atoms with Gasteiger partial charge in [-0.1, -0.05) is 6.07 Å². The number of aromatic amines is 1. The molecule has 1 aliphatic heterocycles. The van der Waals surface area contributed by atoms with E-state index >= 15 is 0 Å². The molecule has 0 amide bonds. The third-order valence-electron chi connectivity index (χ3n) is 4.71.